The molecule has 2 N–H and O–H groups in total. The highest BCUT2D eigenvalue weighted by atomic mass is 16.5. The van der Waals surface area contributed by atoms with Crippen LogP contribution < -0.4 is 10.5 Å². The topological polar surface area (TPSA) is 95.7 Å². The molecule has 0 atom stereocenters. The van der Waals surface area contributed by atoms with E-state index < -0.39 is 11.9 Å². The maximum Gasteiger partial charge on any atom is 0.310 e. The minimum atomic E-state index is -0.724. The third-order valence-corrected chi connectivity index (χ3v) is 3.11. The lowest BCUT2D eigenvalue weighted by Crippen LogP contribution is -2.18. The molecule has 0 radical (unpaired) electrons. The molecule has 1 aromatic rings. The first-order chi connectivity index (χ1) is 10.9. The van der Waals surface area contributed by atoms with E-state index in [-0.39, 0.29) is 29.4 Å². The van der Waals surface area contributed by atoms with Crippen molar-refractivity contribution in [2.45, 2.75) is 46.1 Å². The molecule has 0 aromatic heterocycles. The second kappa shape index (κ2) is 8.92. The summed E-state index contributed by atoms with van der Waals surface area (Å²) < 4.78 is 10.8. The van der Waals surface area contributed by atoms with Gasteiger partial charge in [0, 0.05) is 5.56 Å². The van der Waals surface area contributed by atoms with Crippen molar-refractivity contribution < 1.29 is 23.9 Å². The molecule has 0 heterocycles. The number of carbonyl (C=O) groups is 3. The lowest BCUT2D eigenvalue weighted by Gasteiger charge is -2.17. The number of benzene rings is 1. The Bertz CT molecular complexity index is 581. The Labute approximate surface area is 135 Å². The lowest BCUT2D eigenvalue weighted by atomic mass is 10.0. The van der Waals surface area contributed by atoms with Gasteiger partial charge in [0.2, 0.25) is 5.91 Å². The van der Waals surface area contributed by atoms with Crippen molar-refractivity contribution in [3.63, 3.8) is 0 Å². The Kier molecular flexibility index (Phi) is 7.25. The van der Waals surface area contributed by atoms with Crippen LogP contribution in [0.2, 0.25) is 0 Å². The highest BCUT2D eigenvalue weighted by molar-refractivity contribution is 6.02. The number of hydrogen-bond acceptors (Lipinski definition) is 5. The molecule has 1 amide bonds. The van der Waals surface area contributed by atoms with E-state index in [1.807, 2.05) is 6.92 Å². The van der Waals surface area contributed by atoms with Crippen LogP contribution in [0.1, 0.15) is 59.9 Å². The Balaban J connectivity index is 3.12. The molecule has 0 aliphatic rings. The summed E-state index contributed by atoms with van der Waals surface area (Å²) in [5.74, 6) is -0.924. The van der Waals surface area contributed by atoms with Crippen molar-refractivity contribution in [3.05, 3.63) is 28.8 Å². The molecule has 0 bridgehead atoms. The number of ether oxygens (including phenoxy) is 2. The van der Waals surface area contributed by atoms with E-state index in [1.54, 1.807) is 19.9 Å². The van der Waals surface area contributed by atoms with Crippen LogP contribution in [0.4, 0.5) is 0 Å². The first-order valence-corrected chi connectivity index (χ1v) is 7.63. The third-order valence-electron chi connectivity index (χ3n) is 3.11. The molecule has 126 valence electrons. The summed E-state index contributed by atoms with van der Waals surface area (Å²) in [5, 5.41) is 0. The predicted molar refractivity (Wildman–Crippen MR) is 85.7 cm³/mol. The number of rotatable bonds is 9. The highest BCUT2D eigenvalue weighted by Gasteiger charge is 2.20. The van der Waals surface area contributed by atoms with Crippen molar-refractivity contribution in [1.29, 1.82) is 0 Å². The van der Waals surface area contributed by atoms with Gasteiger partial charge >= 0.3 is 5.97 Å². The van der Waals surface area contributed by atoms with Gasteiger partial charge in [-0.1, -0.05) is 19.4 Å². The van der Waals surface area contributed by atoms with Gasteiger partial charge in [0.05, 0.1) is 30.3 Å². The monoisotopic (exact) mass is 321 g/mol. The zero-order valence-corrected chi connectivity index (χ0v) is 13.8. The number of nitrogens with two attached hydrogens (primary N) is 1. The Morgan fingerprint density at radius 1 is 1.30 bits per heavy atom. The molecule has 0 unspecified atom stereocenters. The van der Waals surface area contributed by atoms with Crippen molar-refractivity contribution in [2.75, 3.05) is 6.61 Å². The summed E-state index contributed by atoms with van der Waals surface area (Å²) in [6, 6.07) is 2.99. The Hall–Kier alpha value is -2.37. The van der Waals surface area contributed by atoms with Gasteiger partial charge in [-0.15, -0.1) is 0 Å². The molecular weight excluding hydrogens is 298 g/mol. The van der Waals surface area contributed by atoms with Gasteiger partial charge in [0.1, 0.15) is 5.75 Å². The van der Waals surface area contributed by atoms with Crippen LogP contribution in [0, 0.1) is 0 Å². The minimum absolute atomic E-state index is 0.0361. The molecule has 23 heavy (non-hydrogen) atoms. The molecule has 1 rings (SSSR count). The van der Waals surface area contributed by atoms with Gasteiger partial charge in [-0.3, -0.25) is 14.4 Å². The van der Waals surface area contributed by atoms with Crippen LogP contribution >= 0.6 is 0 Å². The van der Waals surface area contributed by atoms with E-state index in [4.69, 9.17) is 15.2 Å². The summed E-state index contributed by atoms with van der Waals surface area (Å²) in [7, 11) is 0. The normalized spacial score (nSPS) is 10.4. The number of hydrogen-bond donors (Lipinski definition) is 1. The summed E-state index contributed by atoms with van der Waals surface area (Å²) in [5.41, 5.74) is 5.90. The molecule has 1 aromatic carbocycles. The molecule has 6 nitrogen and oxygen atoms in total. The summed E-state index contributed by atoms with van der Waals surface area (Å²) in [4.78, 5) is 34.7. The first-order valence-electron chi connectivity index (χ1n) is 7.63. The zero-order chi connectivity index (χ0) is 17.4. The SMILES string of the molecule is CCCCOC(=O)Cc1ccc(C(N)=O)c(C=O)c1OC(C)C. The maximum absolute atomic E-state index is 11.9. The number of carbonyl (C=O) groups excluding carboxylic acids is 3. The second-order valence-electron chi connectivity index (χ2n) is 5.41. The highest BCUT2D eigenvalue weighted by Crippen LogP contribution is 2.28. The average Bonchev–Trinajstić information content (AvgIpc) is 2.48. The molecule has 0 aliphatic carbocycles. The Morgan fingerprint density at radius 3 is 2.52 bits per heavy atom. The minimum Gasteiger partial charge on any atom is -0.490 e. The number of esters is 1. The van der Waals surface area contributed by atoms with Gasteiger partial charge in [-0.2, -0.15) is 0 Å². The maximum atomic E-state index is 11.9. The summed E-state index contributed by atoms with van der Waals surface area (Å²) in [6.07, 6.45) is 1.97. The van der Waals surface area contributed by atoms with E-state index in [1.165, 1.54) is 6.07 Å². The third kappa shape index (κ3) is 5.39. The van der Waals surface area contributed by atoms with Crippen LogP contribution in [0.15, 0.2) is 12.1 Å². The number of primary amides is 1. The Morgan fingerprint density at radius 2 is 2.00 bits per heavy atom. The molecule has 0 aliphatic heterocycles. The molecule has 6 heteroatoms. The lowest BCUT2D eigenvalue weighted by molar-refractivity contribution is -0.142. The quantitative estimate of drug-likeness (QED) is 0.427. The fraction of sp³-hybridized carbons (Fsp3) is 0.471. The van der Waals surface area contributed by atoms with Gasteiger partial charge in [0.25, 0.3) is 0 Å². The number of unbranched alkanes of at least 4 members (excludes halogenated alkanes) is 1. The van der Waals surface area contributed by atoms with E-state index in [0.29, 0.717) is 18.5 Å². The summed E-state index contributed by atoms with van der Waals surface area (Å²) in [6.45, 7) is 5.93. The van der Waals surface area contributed by atoms with Crippen LogP contribution in [0.5, 0.6) is 5.75 Å². The van der Waals surface area contributed by atoms with Crippen LogP contribution in [-0.4, -0.2) is 30.9 Å². The fourth-order valence-corrected chi connectivity index (χ4v) is 2.03. The van der Waals surface area contributed by atoms with E-state index in [0.717, 1.165) is 12.8 Å². The second-order valence-corrected chi connectivity index (χ2v) is 5.41. The van der Waals surface area contributed by atoms with Crippen molar-refractivity contribution in [1.82, 2.24) is 0 Å². The van der Waals surface area contributed by atoms with E-state index in [9.17, 15) is 14.4 Å². The van der Waals surface area contributed by atoms with Crippen molar-refractivity contribution in [3.8, 4) is 5.75 Å². The molecule has 0 fully saturated rings. The first kappa shape index (κ1) is 18.7. The molecule has 0 spiro atoms. The number of amides is 1. The van der Waals surface area contributed by atoms with Crippen LogP contribution in [0.3, 0.4) is 0 Å². The van der Waals surface area contributed by atoms with Crippen LogP contribution in [0.25, 0.3) is 0 Å². The van der Waals surface area contributed by atoms with Gasteiger partial charge < -0.3 is 15.2 Å². The smallest absolute Gasteiger partial charge is 0.310 e. The van der Waals surface area contributed by atoms with Gasteiger partial charge in [-0.05, 0) is 26.3 Å². The standard InChI is InChI=1S/C17H23NO5/c1-4-5-8-22-15(20)9-12-6-7-13(17(18)21)14(10-19)16(12)23-11(2)3/h6-7,10-11H,4-5,8-9H2,1-3H3,(H2,18,21). The average molecular weight is 321 g/mol. The largest absolute Gasteiger partial charge is 0.490 e. The van der Waals surface area contributed by atoms with Gasteiger partial charge in [0.15, 0.2) is 6.29 Å². The zero-order valence-electron chi connectivity index (χ0n) is 13.8. The number of aldehydes is 1. The van der Waals surface area contributed by atoms with Crippen molar-refractivity contribution >= 4 is 18.2 Å². The predicted octanol–water partition coefficient (Wildman–Crippen LogP) is 2.27. The fourth-order valence-electron chi connectivity index (χ4n) is 2.03. The van der Waals surface area contributed by atoms with E-state index in [2.05, 4.69) is 0 Å². The van der Waals surface area contributed by atoms with Crippen LogP contribution in [-0.2, 0) is 16.0 Å². The van der Waals surface area contributed by atoms with E-state index >= 15 is 0 Å². The molecular formula is C17H23NO5. The molecule has 0 saturated carbocycles. The molecule has 0 saturated heterocycles. The van der Waals surface area contributed by atoms with Crippen molar-refractivity contribution in [2.24, 2.45) is 5.73 Å². The van der Waals surface area contributed by atoms with Gasteiger partial charge in [-0.25, -0.2) is 0 Å². The summed E-state index contributed by atoms with van der Waals surface area (Å²) >= 11 is 0.